The second kappa shape index (κ2) is 8.92. The Hall–Kier alpha value is -1.52. The third-order valence-electron chi connectivity index (χ3n) is 4.85. The van der Waals surface area contributed by atoms with E-state index in [2.05, 4.69) is 0 Å². The van der Waals surface area contributed by atoms with Crippen LogP contribution in [-0.2, 0) is 9.59 Å². The molecule has 1 aliphatic rings. The molecule has 0 aliphatic heterocycles. The quantitative estimate of drug-likeness (QED) is 0.601. The molecule has 2 aromatic rings. The van der Waals surface area contributed by atoms with Crippen LogP contribution in [-0.4, -0.2) is 10.2 Å². The molecule has 4 heteroatoms. The molecule has 2 aromatic carbocycles. The fourth-order valence-corrected chi connectivity index (χ4v) is 5.17. The van der Waals surface area contributed by atoms with Crippen LogP contribution in [0.5, 0.6) is 0 Å². The average Bonchev–Trinajstić information content (AvgIpc) is 2.65. The van der Waals surface area contributed by atoms with Gasteiger partial charge in [0.05, 0.1) is 0 Å². The Kier molecular flexibility index (Phi) is 6.60. The minimum absolute atomic E-state index is 0.136. The maximum absolute atomic E-state index is 12.9. The van der Waals surface area contributed by atoms with Gasteiger partial charge in [-0.3, -0.25) is 9.59 Å². The van der Waals surface area contributed by atoms with Gasteiger partial charge in [0.2, 0.25) is 0 Å². The molecule has 0 radical (unpaired) electrons. The van der Waals surface area contributed by atoms with E-state index in [-0.39, 0.29) is 22.1 Å². The van der Waals surface area contributed by atoms with Gasteiger partial charge in [0.15, 0.2) is 10.2 Å². The van der Waals surface area contributed by atoms with Gasteiger partial charge in [-0.15, -0.1) is 0 Å². The summed E-state index contributed by atoms with van der Waals surface area (Å²) in [5, 5.41) is 0.271. The van der Waals surface area contributed by atoms with E-state index < -0.39 is 0 Å². The van der Waals surface area contributed by atoms with Crippen molar-refractivity contribution < 1.29 is 9.59 Å². The highest BCUT2D eigenvalue weighted by Crippen LogP contribution is 2.39. The van der Waals surface area contributed by atoms with Crippen LogP contribution in [0.2, 0.25) is 0 Å². The van der Waals surface area contributed by atoms with Gasteiger partial charge in [-0.25, -0.2) is 0 Å². The van der Waals surface area contributed by atoms with Crippen LogP contribution in [0.15, 0.2) is 58.3 Å². The number of thioether (sulfide) groups is 2. The summed E-state index contributed by atoms with van der Waals surface area (Å²) >= 11 is 2.58. The van der Waals surface area contributed by atoms with Gasteiger partial charge >= 0.3 is 0 Å². The number of rotatable bonds is 4. The lowest BCUT2D eigenvalue weighted by atomic mass is 9.81. The van der Waals surface area contributed by atoms with Crippen LogP contribution in [0.3, 0.4) is 0 Å². The van der Waals surface area contributed by atoms with Crippen molar-refractivity contribution in [3.8, 4) is 0 Å². The molecule has 136 valence electrons. The van der Waals surface area contributed by atoms with Crippen molar-refractivity contribution in [3.05, 3.63) is 59.7 Å². The Bertz CT molecular complexity index is 698. The van der Waals surface area contributed by atoms with Gasteiger partial charge in [0.1, 0.15) is 0 Å². The summed E-state index contributed by atoms with van der Waals surface area (Å²) < 4.78 is 0. The summed E-state index contributed by atoms with van der Waals surface area (Å²) in [4.78, 5) is 27.7. The Labute approximate surface area is 164 Å². The molecular formula is C22H24O2S2. The molecule has 3 rings (SSSR count). The number of hydrogen-bond donors (Lipinski definition) is 0. The first-order valence-corrected chi connectivity index (χ1v) is 10.7. The van der Waals surface area contributed by atoms with E-state index in [1.54, 1.807) is 0 Å². The van der Waals surface area contributed by atoms with E-state index in [9.17, 15) is 9.59 Å². The van der Waals surface area contributed by atoms with Crippen molar-refractivity contribution in [1.82, 2.24) is 0 Å². The molecule has 1 aliphatic carbocycles. The zero-order valence-corrected chi connectivity index (χ0v) is 16.9. The van der Waals surface area contributed by atoms with E-state index in [1.165, 1.54) is 34.7 Å². The lowest BCUT2D eigenvalue weighted by Gasteiger charge is -2.28. The first-order chi connectivity index (χ1) is 12.5. The second-order valence-electron chi connectivity index (χ2n) is 6.97. The molecule has 1 fully saturated rings. The molecule has 0 N–H and O–H groups in total. The van der Waals surface area contributed by atoms with Gasteiger partial charge in [-0.1, -0.05) is 71.8 Å². The molecule has 2 nitrogen and oxygen atoms in total. The first kappa shape index (κ1) is 19.2. The number of carbonyl (C=O) groups excluding carboxylic acids is 2. The van der Waals surface area contributed by atoms with Crippen molar-refractivity contribution in [3.63, 3.8) is 0 Å². The topological polar surface area (TPSA) is 34.1 Å². The summed E-state index contributed by atoms with van der Waals surface area (Å²) in [5.41, 5.74) is 2.36. The molecular weight excluding hydrogens is 360 g/mol. The second-order valence-corrected chi connectivity index (χ2v) is 9.12. The van der Waals surface area contributed by atoms with Crippen molar-refractivity contribution in [2.75, 3.05) is 0 Å². The molecule has 0 aromatic heterocycles. The van der Waals surface area contributed by atoms with Gasteiger partial charge < -0.3 is 0 Å². The Morgan fingerprint density at radius 2 is 1.04 bits per heavy atom. The Morgan fingerprint density at radius 1 is 0.692 bits per heavy atom. The van der Waals surface area contributed by atoms with E-state index in [1.807, 2.05) is 62.4 Å². The van der Waals surface area contributed by atoms with Crippen LogP contribution in [0.1, 0.15) is 36.8 Å². The lowest BCUT2D eigenvalue weighted by Crippen LogP contribution is -2.30. The Balaban J connectivity index is 1.68. The lowest BCUT2D eigenvalue weighted by molar-refractivity contribution is -0.124. The summed E-state index contributed by atoms with van der Waals surface area (Å²) in [6.07, 6.45) is 3.71. The maximum atomic E-state index is 12.9. The monoisotopic (exact) mass is 384 g/mol. The van der Waals surface area contributed by atoms with Crippen LogP contribution in [0, 0.1) is 25.7 Å². The highest BCUT2D eigenvalue weighted by Gasteiger charge is 2.36. The molecule has 26 heavy (non-hydrogen) atoms. The van der Waals surface area contributed by atoms with Crippen molar-refractivity contribution >= 4 is 33.8 Å². The summed E-state index contributed by atoms with van der Waals surface area (Å²) in [6, 6.07) is 16.0. The number of hydrogen-bond acceptors (Lipinski definition) is 4. The van der Waals surface area contributed by atoms with Gasteiger partial charge in [0.25, 0.3) is 0 Å². The standard InChI is InChI=1S/C22H24O2S2/c1-15-7-11-17(12-8-15)25-21(23)19-5-3-4-6-20(19)22(24)26-18-13-9-16(2)10-14-18/h7-14,19-20H,3-6H2,1-2H3/t19-,20-/m0/s1. The predicted octanol–water partition coefficient (Wildman–Crippen LogP) is 6.05. The Morgan fingerprint density at radius 3 is 1.38 bits per heavy atom. The summed E-state index contributed by atoms with van der Waals surface area (Å²) in [6.45, 7) is 4.07. The zero-order valence-electron chi connectivity index (χ0n) is 15.2. The molecule has 0 bridgehead atoms. The molecule has 0 saturated heterocycles. The van der Waals surface area contributed by atoms with E-state index in [0.717, 1.165) is 35.5 Å². The predicted molar refractivity (Wildman–Crippen MR) is 110 cm³/mol. The zero-order chi connectivity index (χ0) is 18.5. The smallest absolute Gasteiger partial charge is 0.197 e. The highest BCUT2D eigenvalue weighted by molar-refractivity contribution is 8.14. The molecule has 0 amide bonds. The van der Waals surface area contributed by atoms with Crippen molar-refractivity contribution in [2.24, 2.45) is 11.8 Å². The minimum atomic E-state index is -0.166. The largest absolute Gasteiger partial charge is 0.287 e. The summed E-state index contributed by atoms with van der Waals surface area (Å²) in [7, 11) is 0. The number of aryl methyl sites for hydroxylation is 2. The fourth-order valence-electron chi connectivity index (χ4n) is 3.29. The average molecular weight is 385 g/mol. The first-order valence-electron chi connectivity index (χ1n) is 9.09. The van der Waals surface area contributed by atoms with Crippen molar-refractivity contribution in [2.45, 2.75) is 49.3 Å². The molecule has 0 unspecified atom stereocenters. The molecule has 1 saturated carbocycles. The van der Waals surface area contributed by atoms with Crippen LogP contribution in [0.4, 0.5) is 0 Å². The van der Waals surface area contributed by atoms with E-state index in [4.69, 9.17) is 0 Å². The van der Waals surface area contributed by atoms with Gasteiger partial charge in [-0.05, 0) is 51.0 Å². The normalized spacial score (nSPS) is 19.9. The third kappa shape index (κ3) is 5.01. The minimum Gasteiger partial charge on any atom is -0.287 e. The molecule has 2 atom stereocenters. The van der Waals surface area contributed by atoms with Crippen LogP contribution in [0.25, 0.3) is 0 Å². The van der Waals surface area contributed by atoms with Crippen LogP contribution >= 0.6 is 23.5 Å². The van der Waals surface area contributed by atoms with Gasteiger partial charge in [0, 0.05) is 21.6 Å². The summed E-state index contributed by atoms with van der Waals surface area (Å²) in [5.74, 6) is -0.332. The SMILES string of the molecule is Cc1ccc(SC(=O)[C@H]2CCCC[C@@H]2C(=O)Sc2ccc(C)cc2)cc1. The van der Waals surface area contributed by atoms with E-state index in [0.29, 0.717) is 0 Å². The van der Waals surface area contributed by atoms with Crippen molar-refractivity contribution in [1.29, 1.82) is 0 Å². The number of carbonyl (C=O) groups is 2. The molecule has 0 spiro atoms. The highest BCUT2D eigenvalue weighted by atomic mass is 32.2. The third-order valence-corrected chi connectivity index (χ3v) is 6.87. The fraction of sp³-hybridized carbons (Fsp3) is 0.364. The van der Waals surface area contributed by atoms with E-state index >= 15 is 0 Å². The van der Waals surface area contributed by atoms with Crippen LogP contribution < -0.4 is 0 Å². The van der Waals surface area contributed by atoms with Gasteiger partial charge in [-0.2, -0.15) is 0 Å². The molecule has 0 heterocycles. The maximum Gasteiger partial charge on any atom is 0.197 e. The number of benzene rings is 2.